The minimum Gasteiger partial charge on any atom is -0.352 e. The lowest BCUT2D eigenvalue weighted by molar-refractivity contribution is 0.101. The van der Waals surface area contributed by atoms with Crippen molar-refractivity contribution < 1.29 is 13.2 Å². The molecule has 0 amide bonds. The molecule has 4 nitrogen and oxygen atoms in total. The van der Waals surface area contributed by atoms with E-state index in [1.807, 2.05) is 0 Å². The molecule has 0 fully saturated rings. The van der Waals surface area contributed by atoms with Crippen LogP contribution in [0.5, 0.6) is 0 Å². The third kappa shape index (κ3) is 3.87. The zero-order valence-electron chi connectivity index (χ0n) is 13.2. The van der Waals surface area contributed by atoms with Gasteiger partial charge in [0.05, 0.1) is 25.8 Å². The maximum Gasteiger partial charge on any atom is 0.194 e. The lowest BCUT2D eigenvalue weighted by atomic mass is 10.0. The van der Waals surface area contributed by atoms with E-state index in [9.17, 15) is 13.2 Å². The SMILES string of the molecule is CS(=O)(=O)CC(=O)c1[nH]c2cc(Cl)c(Cl)cc2c1-c1ccc(Cl)c(Cl)c1. The van der Waals surface area contributed by atoms with Crippen molar-refractivity contribution in [1.82, 2.24) is 4.98 Å². The molecule has 3 rings (SSSR count). The first kappa shape index (κ1) is 19.5. The van der Waals surface area contributed by atoms with E-state index in [4.69, 9.17) is 46.4 Å². The third-order valence-electron chi connectivity index (χ3n) is 3.72. The van der Waals surface area contributed by atoms with Crippen LogP contribution in [-0.4, -0.2) is 31.2 Å². The number of ketones is 1. The smallest absolute Gasteiger partial charge is 0.194 e. The number of H-pyrrole nitrogens is 1. The molecule has 136 valence electrons. The average molecular weight is 451 g/mol. The van der Waals surface area contributed by atoms with E-state index in [2.05, 4.69) is 4.98 Å². The summed E-state index contributed by atoms with van der Waals surface area (Å²) < 4.78 is 23.1. The van der Waals surface area contributed by atoms with Gasteiger partial charge in [-0.3, -0.25) is 4.79 Å². The Morgan fingerprint density at radius 3 is 2.19 bits per heavy atom. The summed E-state index contributed by atoms with van der Waals surface area (Å²) in [7, 11) is -3.51. The number of rotatable bonds is 4. The number of sulfone groups is 1. The average Bonchev–Trinajstić information content (AvgIpc) is 2.87. The largest absolute Gasteiger partial charge is 0.352 e. The number of carbonyl (C=O) groups is 1. The Kier molecular flexibility index (Phi) is 5.30. The van der Waals surface area contributed by atoms with Crippen LogP contribution >= 0.6 is 46.4 Å². The lowest BCUT2D eigenvalue weighted by Gasteiger charge is -2.06. The molecule has 0 aliphatic carbocycles. The second kappa shape index (κ2) is 7.06. The molecule has 0 saturated carbocycles. The molecule has 0 aliphatic heterocycles. The van der Waals surface area contributed by atoms with Gasteiger partial charge in [-0.1, -0.05) is 52.5 Å². The van der Waals surface area contributed by atoms with Gasteiger partial charge in [-0.05, 0) is 29.8 Å². The minimum atomic E-state index is -3.51. The molecule has 1 aromatic heterocycles. The highest BCUT2D eigenvalue weighted by Crippen LogP contribution is 2.39. The Hall–Kier alpha value is -1.24. The van der Waals surface area contributed by atoms with Crippen molar-refractivity contribution in [2.24, 2.45) is 0 Å². The third-order valence-corrected chi connectivity index (χ3v) is 5.97. The van der Waals surface area contributed by atoms with E-state index in [1.54, 1.807) is 30.3 Å². The molecule has 0 radical (unpaired) electrons. The summed E-state index contributed by atoms with van der Waals surface area (Å²) in [5.74, 6) is -1.20. The number of aromatic nitrogens is 1. The molecule has 0 atom stereocenters. The van der Waals surface area contributed by atoms with Crippen LogP contribution in [0, 0.1) is 0 Å². The van der Waals surface area contributed by atoms with Crippen LogP contribution in [0.2, 0.25) is 20.1 Å². The van der Waals surface area contributed by atoms with Crippen LogP contribution in [0.25, 0.3) is 22.0 Å². The fourth-order valence-electron chi connectivity index (χ4n) is 2.66. The van der Waals surface area contributed by atoms with Crippen molar-refractivity contribution in [1.29, 1.82) is 0 Å². The predicted octanol–water partition coefficient (Wildman–Crippen LogP) is 5.68. The zero-order valence-corrected chi connectivity index (χ0v) is 17.1. The number of halogens is 4. The van der Waals surface area contributed by atoms with E-state index < -0.39 is 21.4 Å². The van der Waals surface area contributed by atoms with Crippen LogP contribution in [0.4, 0.5) is 0 Å². The van der Waals surface area contributed by atoms with Gasteiger partial charge in [0, 0.05) is 22.7 Å². The van der Waals surface area contributed by atoms with Crippen LogP contribution in [0.3, 0.4) is 0 Å². The maximum atomic E-state index is 12.6. The van der Waals surface area contributed by atoms with Crippen molar-refractivity contribution in [3.63, 3.8) is 0 Å². The maximum absolute atomic E-state index is 12.6. The molecular weight excluding hydrogens is 440 g/mol. The van der Waals surface area contributed by atoms with Gasteiger partial charge in [-0.15, -0.1) is 0 Å². The second-order valence-electron chi connectivity index (χ2n) is 5.81. The fraction of sp³-hybridized carbons (Fsp3) is 0.118. The van der Waals surface area contributed by atoms with Crippen LogP contribution in [0.1, 0.15) is 10.5 Å². The van der Waals surface area contributed by atoms with Gasteiger partial charge >= 0.3 is 0 Å². The molecule has 1 N–H and O–H groups in total. The number of nitrogens with one attached hydrogen (secondary N) is 1. The Bertz CT molecular complexity index is 1150. The Labute approximate surface area is 169 Å². The molecule has 9 heteroatoms. The first-order valence-electron chi connectivity index (χ1n) is 7.24. The van der Waals surface area contributed by atoms with E-state index in [0.29, 0.717) is 42.1 Å². The van der Waals surface area contributed by atoms with Crippen LogP contribution < -0.4 is 0 Å². The van der Waals surface area contributed by atoms with Crippen LogP contribution in [-0.2, 0) is 9.84 Å². The Morgan fingerprint density at radius 1 is 0.962 bits per heavy atom. The van der Waals surface area contributed by atoms with E-state index >= 15 is 0 Å². The normalized spacial score (nSPS) is 11.9. The summed E-state index contributed by atoms with van der Waals surface area (Å²) in [5, 5.41) is 1.90. The number of carbonyl (C=O) groups excluding carboxylic acids is 1. The molecule has 0 saturated heterocycles. The number of hydrogen-bond donors (Lipinski definition) is 1. The summed E-state index contributed by atoms with van der Waals surface area (Å²) in [6.07, 6.45) is 1.00. The van der Waals surface area contributed by atoms with Gasteiger partial charge in [0.2, 0.25) is 0 Å². The molecule has 3 aromatic rings. The van der Waals surface area contributed by atoms with Crippen molar-refractivity contribution in [2.45, 2.75) is 0 Å². The molecule has 1 heterocycles. The molecular formula is C17H11Cl4NO3S. The topological polar surface area (TPSA) is 67.0 Å². The number of fused-ring (bicyclic) bond motifs is 1. The summed E-state index contributed by atoms with van der Waals surface area (Å²) >= 11 is 24.3. The summed E-state index contributed by atoms with van der Waals surface area (Å²) in [6, 6.07) is 8.09. The molecule has 0 bridgehead atoms. The van der Waals surface area contributed by atoms with Gasteiger partial charge in [-0.2, -0.15) is 0 Å². The van der Waals surface area contributed by atoms with Gasteiger partial charge in [-0.25, -0.2) is 8.42 Å². The number of Topliss-reactive ketones (excluding diaryl/α,β-unsaturated/α-hetero) is 1. The first-order valence-corrected chi connectivity index (χ1v) is 10.8. The van der Waals surface area contributed by atoms with E-state index in [1.165, 1.54) is 0 Å². The second-order valence-corrected chi connectivity index (χ2v) is 9.58. The molecule has 26 heavy (non-hydrogen) atoms. The zero-order chi connectivity index (χ0) is 19.2. The van der Waals surface area contributed by atoms with E-state index in [-0.39, 0.29) is 5.69 Å². The quantitative estimate of drug-likeness (QED) is 0.520. The monoisotopic (exact) mass is 449 g/mol. The number of aromatic amines is 1. The number of benzene rings is 2. The highest BCUT2D eigenvalue weighted by Gasteiger charge is 2.23. The predicted molar refractivity (Wildman–Crippen MR) is 108 cm³/mol. The first-order chi connectivity index (χ1) is 12.1. The summed E-state index contributed by atoms with van der Waals surface area (Å²) in [5.41, 5.74) is 1.78. The van der Waals surface area contributed by atoms with Gasteiger partial charge in [0.15, 0.2) is 15.6 Å². The standard InChI is InChI=1S/C17H11Cl4NO3S/c1-26(24,25)7-15(23)17-16(8-2-3-10(18)11(19)4-8)9-5-12(20)13(21)6-14(9)22-17/h2-6,22H,7H2,1H3. The van der Waals surface area contributed by atoms with Crippen LogP contribution in [0.15, 0.2) is 30.3 Å². The Morgan fingerprint density at radius 2 is 1.58 bits per heavy atom. The van der Waals surface area contributed by atoms with Crippen molar-refractivity contribution in [3.05, 3.63) is 56.1 Å². The lowest BCUT2D eigenvalue weighted by Crippen LogP contribution is -2.15. The van der Waals surface area contributed by atoms with Crippen molar-refractivity contribution >= 4 is 72.9 Å². The fourth-order valence-corrected chi connectivity index (χ4v) is 3.91. The highest BCUT2D eigenvalue weighted by atomic mass is 35.5. The van der Waals surface area contributed by atoms with E-state index in [0.717, 1.165) is 6.26 Å². The van der Waals surface area contributed by atoms with Crippen molar-refractivity contribution in [2.75, 3.05) is 12.0 Å². The van der Waals surface area contributed by atoms with Crippen molar-refractivity contribution in [3.8, 4) is 11.1 Å². The summed E-state index contributed by atoms with van der Waals surface area (Å²) in [4.78, 5) is 15.6. The highest BCUT2D eigenvalue weighted by molar-refractivity contribution is 7.91. The molecule has 0 spiro atoms. The molecule has 0 unspecified atom stereocenters. The summed E-state index contributed by atoms with van der Waals surface area (Å²) in [6.45, 7) is 0. The minimum absolute atomic E-state index is 0.141. The number of hydrogen-bond acceptors (Lipinski definition) is 3. The van der Waals surface area contributed by atoms with Gasteiger partial charge < -0.3 is 4.98 Å². The van der Waals surface area contributed by atoms with Gasteiger partial charge in [0.25, 0.3) is 0 Å². The molecule has 0 aliphatic rings. The van der Waals surface area contributed by atoms with Gasteiger partial charge in [0.1, 0.15) is 5.75 Å². The molecule has 2 aromatic carbocycles. The Balaban J connectivity index is 2.32.